The maximum absolute atomic E-state index is 8.84. The van der Waals surface area contributed by atoms with Crippen molar-refractivity contribution in [1.29, 1.82) is 5.26 Å². The van der Waals surface area contributed by atoms with Gasteiger partial charge in [-0.15, -0.1) is 5.10 Å². The second-order valence-electron chi connectivity index (χ2n) is 5.37. The predicted octanol–water partition coefficient (Wildman–Crippen LogP) is 2.52. The summed E-state index contributed by atoms with van der Waals surface area (Å²) in [5.74, 6) is 0. The number of hydrogen-bond donors (Lipinski definition) is 1. The van der Waals surface area contributed by atoms with Crippen LogP contribution in [-0.2, 0) is 12.1 Å². The van der Waals surface area contributed by atoms with Crippen molar-refractivity contribution < 1.29 is 0 Å². The van der Waals surface area contributed by atoms with Crippen LogP contribution in [0.1, 0.15) is 32.0 Å². The molecular formula is C14H17N5. The highest BCUT2D eigenvalue weighted by Gasteiger charge is 2.14. The van der Waals surface area contributed by atoms with E-state index in [0.29, 0.717) is 12.1 Å². The molecule has 98 valence electrons. The van der Waals surface area contributed by atoms with Gasteiger partial charge in [-0.05, 0) is 39.0 Å². The zero-order valence-corrected chi connectivity index (χ0v) is 11.4. The van der Waals surface area contributed by atoms with Gasteiger partial charge in [-0.25, -0.2) is 4.68 Å². The van der Waals surface area contributed by atoms with Crippen LogP contribution in [0.5, 0.6) is 0 Å². The summed E-state index contributed by atoms with van der Waals surface area (Å²) in [6.45, 7) is 6.82. The van der Waals surface area contributed by atoms with E-state index < -0.39 is 0 Å². The number of aromatic nitrogens is 3. The van der Waals surface area contributed by atoms with E-state index in [1.165, 1.54) is 0 Å². The monoisotopic (exact) mass is 255 g/mol. The Balaban J connectivity index is 2.03. The van der Waals surface area contributed by atoms with Gasteiger partial charge in [0, 0.05) is 5.69 Å². The highest BCUT2D eigenvalue weighted by molar-refractivity contribution is 5.49. The molecule has 19 heavy (non-hydrogen) atoms. The second-order valence-corrected chi connectivity index (χ2v) is 5.37. The van der Waals surface area contributed by atoms with Crippen molar-refractivity contribution in [1.82, 2.24) is 15.0 Å². The van der Waals surface area contributed by atoms with Crippen LogP contribution in [0.25, 0.3) is 0 Å². The largest absolute Gasteiger partial charge is 0.379 e. The van der Waals surface area contributed by atoms with Crippen LogP contribution in [0.2, 0.25) is 0 Å². The van der Waals surface area contributed by atoms with E-state index >= 15 is 0 Å². The van der Waals surface area contributed by atoms with E-state index in [1.807, 2.05) is 29.1 Å². The Morgan fingerprint density at radius 3 is 2.79 bits per heavy atom. The van der Waals surface area contributed by atoms with Crippen LogP contribution in [-0.4, -0.2) is 15.0 Å². The molecule has 1 aromatic carbocycles. The normalized spacial score (nSPS) is 11.1. The van der Waals surface area contributed by atoms with E-state index in [4.69, 9.17) is 5.26 Å². The van der Waals surface area contributed by atoms with Crippen molar-refractivity contribution in [2.75, 3.05) is 5.32 Å². The maximum Gasteiger partial charge on any atom is 0.102 e. The van der Waals surface area contributed by atoms with Gasteiger partial charge in [0.05, 0.1) is 29.9 Å². The van der Waals surface area contributed by atoms with E-state index in [9.17, 15) is 0 Å². The Bertz CT molecular complexity index is 601. The highest BCUT2D eigenvalue weighted by Crippen LogP contribution is 2.13. The topological polar surface area (TPSA) is 66.5 Å². The molecule has 1 aromatic heterocycles. The molecule has 5 heteroatoms. The number of benzene rings is 1. The molecule has 1 N–H and O–H groups in total. The average molecular weight is 255 g/mol. The van der Waals surface area contributed by atoms with Gasteiger partial charge in [0.15, 0.2) is 0 Å². The number of hydrogen-bond acceptors (Lipinski definition) is 4. The molecule has 0 spiro atoms. The number of nitrogens with zero attached hydrogens (tertiary/aromatic N) is 4. The van der Waals surface area contributed by atoms with Gasteiger partial charge in [0.2, 0.25) is 0 Å². The summed E-state index contributed by atoms with van der Waals surface area (Å²) >= 11 is 0. The van der Waals surface area contributed by atoms with Crippen molar-refractivity contribution in [3.05, 3.63) is 41.7 Å². The zero-order valence-electron chi connectivity index (χ0n) is 11.4. The molecule has 1 heterocycles. The molecule has 0 aliphatic rings. The van der Waals surface area contributed by atoms with E-state index in [-0.39, 0.29) is 5.54 Å². The Kier molecular flexibility index (Phi) is 3.52. The minimum absolute atomic E-state index is 0.0635. The average Bonchev–Trinajstić information content (AvgIpc) is 2.85. The lowest BCUT2D eigenvalue weighted by Crippen LogP contribution is -2.22. The molecule has 0 bridgehead atoms. The van der Waals surface area contributed by atoms with E-state index in [2.05, 4.69) is 42.5 Å². The molecule has 0 atom stereocenters. The summed E-state index contributed by atoms with van der Waals surface area (Å²) in [4.78, 5) is 0. The smallest absolute Gasteiger partial charge is 0.102 e. The number of nitriles is 1. The SMILES string of the molecule is CC(C)(C)n1cc(CNc2cccc(C#N)c2)nn1. The van der Waals surface area contributed by atoms with Gasteiger partial charge >= 0.3 is 0 Å². The standard InChI is InChI=1S/C14H17N5/c1-14(2,3)19-10-13(17-18-19)9-16-12-6-4-5-11(7-12)8-15/h4-7,10,16H,9H2,1-3H3. The first-order chi connectivity index (χ1) is 8.99. The third-order valence-corrected chi connectivity index (χ3v) is 2.69. The first kappa shape index (κ1) is 13.1. The van der Waals surface area contributed by atoms with Crippen molar-refractivity contribution in [3.63, 3.8) is 0 Å². The van der Waals surface area contributed by atoms with Crippen molar-refractivity contribution >= 4 is 5.69 Å². The van der Waals surface area contributed by atoms with Crippen molar-refractivity contribution in [3.8, 4) is 6.07 Å². The molecule has 0 fully saturated rings. The molecule has 0 saturated heterocycles. The summed E-state index contributed by atoms with van der Waals surface area (Å²) in [6, 6.07) is 9.49. The van der Waals surface area contributed by atoms with Gasteiger partial charge < -0.3 is 5.32 Å². The Morgan fingerprint density at radius 1 is 1.37 bits per heavy atom. The molecule has 5 nitrogen and oxygen atoms in total. The van der Waals surface area contributed by atoms with Gasteiger partial charge in [-0.3, -0.25) is 0 Å². The van der Waals surface area contributed by atoms with E-state index in [0.717, 1.165) is 11.4 Å². The van der Waals surface area contributed by atoms with Crippen LogP contribution in [0, 0.1) is 11.3 Å². The maximum atomic E-state index is 8.84. The highest BCUT2D eigenvalue weighted by atomic mass is 15.4. The molecule has 2 aromatic rings. The fraction of sp³-hybridized carbons (Fsp3) is 0.357. The van der Waals surface area contributed by atoms with Gasteiger partial charge in [0.1, 0.15) is 5.69 Å². The van der Waals surface area contributed by atoms with Crippen LogP contribution in [0.3, 0.4) is 0 Å². The molecule has 2 rings (SSSR count). The summed E-state index contributed by atoms with van der Waals surface area (Å²) in [5, 5.41) is 20.3. The predicted molar refractivity (Wildman–Crippen MR) is 73.5 cm³/mol. The van der Waals surface area contributed by atoms with Gasteiger partial charge in [0.25, 0.3) is 0 Å². The van der Waals surface area contributed by atoms with Crippen molar-refractivity contribution in [2.45, 2.75) is 32.9 Å². The number of rotatable bonds is 3. The van der Waals surface area contributed by atoms with Crippen LogP contribution >= 0.6 is 0 Å². The Labute approximate surface area is 112 Å². The molecule has 0 saturated carbocycles. The van der Waals surface area contributed by atoms with Crippen LogP contribution in [0.15, 0.2) is 30.5 Å². The minimum Gasteiger partial charge on any atom is -0.379 e. The Morgan fingerprint density at radius 2 is 2.16 bits per heavy atom. The van der Waals surface area contributed by atoms with Crippen molar-refractivity contribution in [2.24, 2.45) is 0 Å². The van der Waals surface area contributed by atoms with Crippen LogP contribution < -0.4 is 5.32 Å². The molecule has 0 aliphatic carbocycles. The first-order valence-electron chi connectivity index (χ1n) is 6.15. The lowest BCUT2D eigenvalue weighted by atomic mass is 10.1. The summed E-state index contributed by atoms with van der Waals surface area (Å²) < 4.78 is 1.84. The molecular weight excluding hydrogens is 238 g/mol. The van der Waals surface area contributed by atoms with Crippen LogP contribution in [0.4, 0.5) is 5.69 Å². The molecule has 0 amide bonds. The quantitative estimate of drug-likeness (QED) is 0.915. The minimum atomic E-state index is -0.0635. The van der Waals surface area contributed by atoms with Gasteiger partial charge in [-0.1, -0.05) is 11.3 Å². The fourth-order valence-electron chi connectivity index (χ4n) is 1.60. The second kappa shape index (κ2) is 5.11. The van der Waals surface area contributed by atoms with E-state index in [1.54, 1.807) is 6.07 Å². The zero-order chi connectivity index (χ0) is 13.9. The summed E-state index contributed by atoms with van der Waals surface area (Å²) in [5.41, 5.74) is 2.36. The lowest BCUT2D eigenvalue weighted by Gasteiger charge is -2.17. The molecule has 0 radical (unpaired) electrons. The van der Waals surface area contributed by atoms with Gasteiger partial charge in [-0.2, -0.15) is 5.26 Å². The summed E-state index contributed by atoms with van der Waals surface area (Å²) in [6.07, 6.45) is 1.93. The first-order valence-corrected chi connectivity index (χ1v) is 6.15. The Hall–Kier alpha value is -2.35. The fourth-order valence-corrected chi connectivity index (χ4v) is 1.60. The number of nitrogens with one attached hydrogen (secondary N) is 1. The number of anilines is 1. The molecule has 0 aliphatic heterocycles. The lowest BCUT2D eigenvalue weighted by molar-refractivity contribution is 0.347. The third-order valence-electron chi connectivity index (χ3n) is 2.69. The third kappa shape index (κ3) is 3.32. The molecule has 0 unspecified atom stereocenters. The summed E-state index contributed by atoms with van der Waals surface area (Å²) in [7, 11) is 0.